The highest BCUT2D eigenvalue weighted by atomic mass is 19.3. The summed E-state index contributed by atoms with van der Waals surface area (Å²) in [6.45, 7) is 1.86. The zero-order chi connectivity index (χ0) is 19.4. The number of fused-ring (bicyclic) bond motifs is 1. The first-order chi connectivity index (χ1) is 12.8. The van der Waals surface area contributed by atoms with Crippen LogP contribution in [-0.4, -0.2) is 15.9 Å². The summed E-state index contributed by atoms with van der Waals surface area (Å²) < 4.78 is 39.1. The van der Waals surface area contributed by atoms with E-state index in [0.29, 0.717) is 29.4 Å². The Balaban J connectivity index is 0.000000221. The van der Waals surface area contributed by atoms with Gasteiger partial charge in [0.05, 0.1) is 10.9 Å². The smallest absolute Gasteiger partial charge is 0.248 e. The fourth-order valence-corrected chi connectivity index (χ4v) is 3.37. The Morgan fingerprint density at radius 3 is 2.70 bits per heavy atom. The molecule has 1 aliphatic carbocycles. The van der Waals surface area contributed by atoms with E-state index < -0.39 is 5.92 Å². The quantitative estimate of drug-likeness (QED) is 0.624. The van der Waals surface area contributed by atoms with Gasteiger partial charge < -0.3 is 4.98 Å². The number of hydrogen-bond donors (Lipinski definition) is 1. The first kappa shape index (κ1) is 19.1. The number of aryl methyl sites for hydroxylation is 1. The Hall–Kier alpha value is -2.63. The summed E-state index contributed by atoms with van der Waals surface area (Å²) in [7, 11) is 0. The van der Waals surface area contributed by atoms with Crippen LogP contribution in [0, 0.1) is 12.7 Å². The Bertz CT molecular complexity index is 967. The van der Waals surface area contributed by atoms with E-state index in [9.17, 15) is 18.0 Å². The predicted octanol–water partition coefficient (Wildman–Crippen LogP) is 5.35. The molecule has 0 unspecified atom stereocenters. The van der Waals surface area contributed by atoms with E-state index in [0.717, 1.165) is 5.56 Å². The molecule has 6 heteroatoms. The Morgan fingerprint density at radius 2 is 2.04 bits per heavy atom. The van der Waals surface area contributed by atoms with Gasteiger partial charge in [0.1, 0.15) is 5.82 Å². The van der Waals surface area contributed by atoms with Crippen molar-refractivity contribution in [1.29, 1.82) is 0 Å². The maximum absolute atomic E-state index is 13.5. The van der Waals surface area contributed by atoms with E-state index in [1.54, 1.807) is 18.3 Å². The van der Waals surface area contributed by atoms with Crippen LogP contribution in [0.3, 0.4) is 0 Å². The van der Waals surface area contributed by atoms with E-state index in [-0.39, 0.29) is 30.0 Å². The molecule has 3 nitrogen and oxygen atoms in total. The number of alkyl halides is 2. The standard InChI is InChI=1S/C14H14F2N2O.C7H7F/c15-14(16)4-1-2-9(7-14)12-6-13(19)10-8-17-5-3-11(10)18-12;1-6-3-2-4-7(8)5-6/h3,5-6,8-9H,1-2,4,7H2,(H,18,19);2-5H,1H3/t9-;/m0./s1. The van der Waals surface area contributed by atoms with Crippen molar-refractivity contribution in [2.75, 3.05) is 0 Å². The Kier molecular flexibility index (Phi) is 5.63. The van der Waals surface area contributed by atoms with Crippen molar-refractivity contribution in [2.24, 2.45) is 0 Å². The number of nitrogens with one attached hydrogen (secondary N) is 1. The topological polar surface area (TPSA) is 45.8 Å². The summed E-state index contributed by atoms with van der Waals surface area (Å²) in [6.07, 6.45) is 4.03. The second-order valence-corrected chi connectivity index (χ2v) is 6.96. The van der Waals surface area contributed by atoms with Crippen LogP contribution in [0.25, 0.3) is 10.9 Å². The molecule has 1 aromatic carbocycles. The number of aromatic amines is 1. The summed E-state index contributed by atoms with van der Waals surface area (Å²) in [5.41, 5.74) is 2.07. The molecule has 0 saturated heterocycles. The van der Waals surface area contributed by atoms with Crippen LogP contribution in [0.1, 0.15) is 42.9 Å². The van der Waals surface area contributed by atoms with E-state index in [2.05, 4.69) is 9.97 Å². The molecular formula is C21H21F3N2O. The van der Waals surface area contributed by atoms with Gasteiger partial charge in [-0.15, -0.1) is 0 Å². The molecule has 0 aliphatic heterocycles. The van der Waals surface area contributed by atoms with Gasteiger partial charge in [-0.3, -0.25) is 9.78 Å². The van der Waals surface area contributed by atoms with E-state index >= 15 is 0 Å². The third-order valence-corrected chi connectivity index (χ3v) is 4.71. The van der Waals surface area contributed by atoms with Crippen LogP contribution < -0.4 is 5.43 Å². The van der Waals surface area contributed by atoms with Crippen LogP contribution in [0.15, 0.2) is 53.6 Å². The highest BCUT2D eigenvalue weighted by Crippen LogP contribution is 2.41. The largest absolute Gasteiger partial charge is 0.358 e. The average Bonchev–Trinajstić information content (AvgIpc) is 2.61. The molecule has 1 atom stereocenters. The van der Waals surface area contributed by atoms with E-state index in [4.69, 9.17) is 0 Å². The predicted molar refractivity (Wildman–Crippen MR) is 99.7 cm³/mol. The molecule has 1 N–H and O–H groups in total. The van der Waals surface area contributed by atoms with Gasteiger partial charge in [-0.1, -0.05) is 12.1 Å². The number of pyridine rings is 2. The first-order valence-corrected chi connectivity index (χ1v) is 8.91. The van der Waals surface area contributed by atoms with Gasteiger partial charge in [0.2, 0.25) is 5.92 Å². The molecule has 142 valence electrons. The van der Waals surface area contributed by atoms with Crippen LogP contribution in [0.5, 0.6) is 0 Å². The maximum Gasteiger partial charge on any atom is 0.248 e. The zero-order valence-corrected chi connectivity index (χ0v) is 15.0. The third-order valence-electron chi connectivity index (χ3n) is 4.71. The van der Waals surface area contributed by atoms with Crippen LogP contribution in [0.2, 0.25) is 0 Å². The van der Waals surface area contributed by atoms with Crippen LogP contribution in [-0.2, 0) is 0 Å². The van der Waals surface area contributed by atoms with Crippen LogP contribution in [0.4, 0.5) is 13.2 Å². The number of aromatic nitrogens is 2. The highest BCUT2D eigenvalue weighted by molar-refractivity contribution is 5.77. The number of H-pyrrole nitrogens is 1. The van der Waals surface area contributed by atoms with Crippen LogP contribution >= 0.6 is 0 Å². The molecule has 0 amide bonds. The molecule has 1 aliphatic rings. The van der Waals surface area contributed by atoms with Gasteiger partial charge in [0.15, 0.2) is 5.43 Å². The first-order valence-electron chi connectivity index (χ1n) is 8.91. The van der Waals surface area contributed by atoms with Gasteiger partial charge in [0, 0.05) is 42.9 Å². The van der Waals surface area contributed by atoms with Gasteiger partial charge >= 0.3 is 0 Å². The molecule has 2 aromatic heterocycles. The molecule has 3 aromatic rings. The second-order valence-electron chi connectivity index (χ2n) is 6.96. The van der Waals surface area contributed by atoms with Crippen molar-refractivity contribution in [2.45, 2.75) is 44.4 Å². The minimum absolute atomic E-state index is 0.0504. The Labute approximate surface area is 155 Å². The van der Waals surface area contributed by atoms with Crippen molar-refractivity contribution < 1.29 is 13.2 Å². The lowest BCUT2D eigenvalue weighted by atomic mass is 9.84. The number of nitrogens with zero attached hydrogens (tertiary/aromatic N) is 1. The lowest BCUT2D eigenvalue weighted by Crippen LogP contribution is -2.26. The molecular weight excluding hydrogens is 353 g/mol. The van der Waals surface area contributed by atoms with Crippen molar-refractivity contribution in [3.63, 3.8) is 0 Å². The molecule has 0 spiro atoms. The maximum atomic E-state index is 13.5. The number of rotatable bonds is 1. The number of hydrogen-bond acceptors (Lipinski definition) is 2. The van der Waals surface area contributed by atoms with Gasteiger partial charge in [-0.05, 0) is 43.5 Å². The van der Waals surface area contributed by atoms with Gasteiger partial charge in [-0.2, -0.15) is 0 Å². The second kappa shape index (κ2) is 7.94. The SMILES string of the molecule is Cc1cccc(F)c1.O=c1cc([C@H]2CCCC(F)(F)C2)[nH]c2ccncc12. The van der Waals surface area contributed by atoms with Crippen molar-refractivity contribution in [3.8, 4) is 0 Å². The Morgan fingerprint density at radius 1 is 1.22 bits per heavy atom. The third kappa shape index (κ3) is 4.96. The average molecular weight is 374 g/mol. The summed E-state index contributed by atoms with van der Waals surface area (Å²) >= 11 is 0. The summed E-state index contributed by atoms with van der Waals surface area (Å²) in [5, 5.41) is 0.494. The van der Waals surface area contributed by atoms with Gasteiger partial charge in [-0.25, -0.2) is 13.2 Å². The highest BCUT2D eigenvalue weighted by Gasteiger charge is 2.37. The monoisotopic (exact) mass is 374 g/mol. The molecule has 0 radical (unpaired) electrons. The van der Waals surface area contributed by atoms with Crippen molar-refractivity contribution in [3.05, 3.63) is 76.1 Å². The minimum atomic E-state index is -2.62. The zero-order valence-electron chi connectivity index (χ0n) is 15.0. The summed E-state index contributed by atoms with van der Waals surface area (Å²) in [4.78, 5) is 19.0. The molecule has 1 saturated carbocycles. The summed E-state index contributed by atoms with van der Waals surface area (Å²) in [6, 6.07) is 9.64. The van der Waals surface area contributed by atoms with E-state index in [1.807, 2.05) is 13.0 Å². The molecule has 1 fully saturated rings. The molecule has 4 rings (SSSR count). The lowest BCUT2D eigenvalue weighted by Gasteiger charge is -2.28. The fourth-order valence-electron chi connectivity index (χ4n) is 3.37. The summed E-state index contributed by atoms with van der Waals surface area (Å²) in [5.74, 6) is -3.05. The lowest BCUT2D eigenvalue weighted by molar-refractivity contribution is -0.0412. The minimum Gasteiger partial charge on any atom is -0.358 e. The van der Waals surface area contributed by atoms with E-state index in [1.165, 1.54) is 24.4 Å². The molecule has 0 bridgehead atoms. The fraction of sp³-hybridized carbons (Fsp3) is 0.333. The number of halogens is 3. The van der Waals surface area contributed by atoms with Crippen molar-refractivity contribution >= 4 is 10.9 Å². The van der Waals surface area contributed by atoms with Crippen molar-refractivity contribution in [1.82, 2.24) is 9.97 Å². The molecule has 27 heavy (non-hydrogen) atoms. The van der Waals surface area contributed by atoms with Gasteiger partial charge in [0.25, 0.3) is 0 Å². The normalized spacial score (nSPS) is 18.6. The number of benzene rings is 1. The molecule has 2 heterocycles.